The molecule has 0 amide bonds. The van der Waals surface area contributed by atoms with Gasteiger partial charge in [-0.15, -0.1) is 0 Å². The maximum Gasteiger partial charge on any atom is 0.145 e. The van der Waals surface area contributed by atoms with Crippen LogP contribution < -0.4 is 29.6 Å². The molecule has 3 aromatic rings. The second-order valence-electron chi connectivity index (χ2n) is 6.55. The van der Waals surface area contributed by atoms with Crippen LogP contribution >= 0.6 is 0 Å². The molecule has 0 aromatic heterocycles. The van der Waals surface area contributed by atoms with Crippen molar-refractivity contribution in [3.05, 3.63) is 59.7 Å². The summed E-state index contributed by atoms with van der Waals surface area (Å²) in [6.07, 6.45) is 0. The van der Waals surface area contributed by atoms with Gasteiger partial charge in [0.2, 0.25) is 0 Å². The summed E-state index contributed by atoms with van der Waals surface area (Å²) in [6.45, 7) is 0. The van der Waals surface area contributed by atoms with Crippen molar-refractivity contribution >= 4 is 22.7 Å². The first-order valence-corrected chi connectivity index (χ1v) is 9.53. The standard InChI is InChI=1S/C24H22N4O4/c1-29-17-5-7-19(23(11-17)31-3)27-21-9-16(14-26)22(10-15(21)13-25)28-20-8-6-18(30-2)12-24(20)32-4/h5-12,27-28H,1-4H3. The van der Waals surface area contributed by atoms with Crippen molar-refractivity contribution in [2.75, 3.05) is 39.1 Å². The summed E-state index contributed by atoms with van der Waals surface area (Å²) in [5, 5.41) is 25.8. The van der Waals surface area contributed by atoms with Crippen molar-refractivity contribution in [1.29, 1.82) is 10.5 Å². The molecule has 8 nitrogen and oxygen atoms in total. The number of rotatable bonds is 8. The van der Waals surface area contributed by atoms with Crippen molar-refractivity contribution in [2.24, 2.45) is 0 Å². The van der Waals surface area contributed by atoms with E-state index in [1.807, 2.05) is 0 Å². The lowest BCUT2D eigenvalue weighted by Crippen LogP contribution is -2.02. The predicted octanol–water partition coefficient (Wildman–Crippen LogP) is 4.95. The third-order valence-corrected chi connectivity index (χ3v) is 4.75. The van der Waals surface area contributed by atoms with Crippen LogP contribution in [0.5, 0.6) is 23.0 Å². The molecule has 0 saturated carbocycles. The van der Waals surface area contributed by atoms with Crippen LogP contribution in [0, 0.1) is 22.7 Å². The maximum absolute atomic E-state index is 9.74. The largest absolute Gasteiger partial charge is 0.497 e. The number of hydrogen-bond donors (Lipinski definition) is 2. The maximum atomic E-state index is 9.74. The van der Waals surface area contributed by atoms with E-state index in [-0.39, 0.29) is 0 Å². The number of methoxy groups -OCH3 is 4. The van der Waals surface area contributed by atoms with Crippen LogP contribution in [0.3, 0.4) is 0 Å². The Kier molecular flexibility index (Phi) is 6.89. The highest BCUT2D eigenvalue weighted by atomic mass is 16.5. The molecular formula is C24H22N4O4. The summed E-state index contributed by atoms with van der Waals surface area (Å²) in [6, 6.07) is 18.1. The smallest absolute Gasteiger partial charge is 0.145 e. The van der Waals surface area contributed by atoms with Gasteiger partial charge in [0.15, 0.2) is 0 Å². The number of nitrogens with zero attached hydrogens (tertiary/aromatic N) is 2. The second kappa shape index (κ2) is 9.96. The normalized spacial score (nSPS) is 9.81. The van der Waals surface area contributed by atoms with E-state index in [1.165, 1.54) is 0 Å². The number of anilines is 4. The van der Waals surface area contributed by atoms with E-state index in [0.717, 1.165) is 0 Å². The fraction of sp³-hybridized carbons (Fsp3) is 0.167. The van der Waals surface area contributed by atoms with Crippen LogP contribution in [0.4, 0.5) is 22.7 Å². The Hall–Kier alpha value is -4.56. The van der Waals surface area contributed by atoms with Crippen molar-refractivity contribution in [3.8, 4) is 35.1 Å². The molecule has 8 heteroatoms. The SMILES string of the molecule is COc1ccc(Nc2cc(C#N)c(Nc3ccc(OC)cc3OC)cc2C#N)c(OC)c1. The molecule has 0 spiro atoms. The molecule has 2 N–H and O–H groups in total. The van der Waals surface area contributed by atoms with Gasteiger partial charge in [-0.2, -0.15) is 10.5 Å². The molecular weight excluding hydrogens is 408 g/mol. The summed E-state index contributed by atoms with van der Waals surface area (Å²) in [4.78, 5) is 0. The van der Waals surface area contributed by atoms with Gasteiger partial charge in [0, 0.05) is 12.1 Å². The summed E-state index contributed by atoms with van der Waals surface area (Å²) < 4.78 is 21.3. The number of ether oxygens (including phenoxy) is 4. The van der Waals surface area contributed by atoms with Gasteiger partial charge in [-0.3, -0.25) is 0 Å². The van der Waals surface area contributed by atoms with E-state index in [4.69, 9.17) is 18.9 Å². The quantitative estimate of drug-likeness (QED) is 0.517. The van der Waals surface area contributed by atoms with Gasteiger partial charge < -0.3 is 29.6 Å². The lowest BCUT2D eigenvalue weighted by atomic mass is 10.1. The van der Waals surface area contributed by atoms with Crippen molar-refractivity contribution in [3.63, 3.8) is 0 Å². The number of hydrogen-bond acceptors (Lipinski definition) is 8. The minimum atomic E-state index is 0.344. The fourth-order valence-corrected chi connectivity index (χ4v) is 3.09. The van der Waals surface area contributed by atoms with E-state index in [2.05, 4.69) is 22.8 Å². The minimum Gasteiger partial charge on any atom is -0.497 e. The van der Waals surface area contributed by atoms with Gasteiger partial charge in [0.05, 0.1) is 62.3 Å². The number of benzene rings is 3. The summed E-state index contributed by atoms with van der Waals surface area (Å²) in [5.74, 6) is 2.35. The van der Waals surface area contributed by atoms with Crippen LogP contribution in [0.1, 0.15) is 11.1 Å². The summed E-state index contributed by atoms with van der Waals surface area (Å²) in [7, 11) is 6.22. The highest BCUT2D eigenvalue weighted by Crippen LogP contribution is 2.36. The Bertz CT molecular complexity index is 1120. The Labute approximate surface area is 186 Å². The van der Waals surface area contributed by atoms with Gasteiger partial charge in [-0.1, -0.05) is 0 Å². The molecule has 3 rings (SSSR count). The first-order chi connectivity index (χ1) is 15.6. The molecule has 0 aliphatic carbocycles. The molecule has 0 bridgehead atoms. The van der Waals surface area contributed by atoms with Crippen LogP contribution in [0.25, 0.3) is 0 Å². The summed E-state index contributed by atoms with van der Waals surface area (Å²) in [5.41, 5.74) is 2.89. The summed E-state index contributed by atoms with van der Waals surface area (Å²) >= 11 is 0. The van der Waals surface area contributed by atoms with Crippen LogP contribution in [-0.2, 0) is 0 Å². The third-order valence-electron chi connectivity index (χ3n) is 4.75. The van der Waals surface area contributed by atoms with E-state index in [9.17, 15) is 10.5 Å². The Morgan fingerprint density at radius 1 is 0.562 bits per heavy atom. The highest BCUT2D eigenvalue weighted by molar-refractivity contribution is 5.80. The molecule has 3 aromatic carbocycles. The van der Waals surface area contributed by atoms with Crippen molar-refractivity contribution in [1.82, 2.24) is 0 Å². The Morgan fingerprint density at radius 3 is 1.28 bits per heavy atom. The lowest BCUT2D eigenvalue weighted by molar-refractivity contribution is 0.395. The molecule has 32 heavy (non-hydrogen) atoms. The van der Waals surface area contributed by atoms with Gasteiger partial charge >= 0.3 is 0 Å². The molecule has 0 atom stereocenters. The third kappa shape index (κ3) is 4.61. The zero-order valence-electron chi connectivity index (χ0n) is 18.1. The molecule has 0 aliphatic rings. The zero-order valence-corrected chi connectivity index (χ0v) is 18.1. The molecule has 0 aliphatic heterocycles. The van der Waals surface area contributed by atoms with Crippen LogP contribution in [0.15, 0.2) is 48.5 Å². The Balaban J connectivity index is 2.00. The fourth-order valence-electron chi connectivity index (χ4n) is 3.09. The van der Waals surface area contributed by atoms with Crippen LogP contribution in [0.2, 0.25) is 0 Å². The van der Waals surface area contributed by atoms with Crippen LogP contribution in [-0.4, -0.2) is 28.4 Å². The topological polar surface area (TPSA) is 109 Å². The molecule has 0 unspecified atom stereocenters. The van der Waals surface area contributed by atoms with Crippen molar-refractivity contribution < 1.29 is 18.9 Å². The number of nitriles is 2. The average molecular weight is 430 g/mol. The minimum absolute atomic E-state index is 0.344. The molecule has 162 valence electrons. The monoisotopic (exact) mass is 430 g/mol. The van der Waals surface area contributed by atoms with E-state index in [1.54, 1.807) is 77.0 Å². The van der Waals surface area contributed by atoms with Gasteiger partial charge in [-0.05, 0) is 36.4 Å². The van der Waals surface area contributed by atoms with Gasteiger partial charge in [-0.25, -0.2) is 0 Å². The second-order valence-corrected chi connectivity index (χ2v) is 6.55. The van der Waals surface area contributed by atoms with Gasteiger partial charge in [0.25, 0.3) is 0 Å². The number of nitrogens with one attached hydrogen (secondary N) is 2. The molecule has 0 saturated heterocycles. The van der Waals surface area contributed by atoms with Gasteiger partial charge in [0.1, 0.15) is 35.1 Å². The average Bonchev–Trinajstić information content (AvgIpc) is 2.84. The molecule has 0 fully saturated rings. The predicted molar refractivity (Wildman–Crippen MR) is 122 cm³/mol. The van der Waals surface area contributed by atoms with E-state index >= 15 is 0 Å². The highest BCUT2D eigenvalue weighted by Gasteiger charge is 2.14. The van der Waals surface area contributed by atoms with E-state index in [0.29, 0.717) is 56.9 Å². The lowest BCUT2D eigenvalue weighted by Gasteiger charge is -2.17. The molecule has 0 heterocycles. The Morgan fingerprint density at radius 2 is 0.969 bits per heavy atom. The first-order valence-electron chi connectivity index (χ1n) is 9.53. The van der Waals surface area contributed by atoms with E-state index < -0.39 is 0 Å². The first kappa shape index (κ1) is 22.1. The van der Waals surface area contributed by atoms with Crippen molar-refractivity contribution in [2.45, 2.75) is 0 Å². The molecule has 0 radical (unpaired) electrons. The zero-order chi connectivity index (χ0) is 23.1.